The molecule has 2 heterocycles. The summed E-state index contributed by atoms with van der Waals surface area (Å²) in [5, 5.41) is 2.74. The van der Waals surface area contributed by atoms with E-state index < -0.39 is 0 Å². The molecule has 1 aromatic rings. The molecule has 0 spiro atoms. The van der Waals surface area contributed by atoms with Gasteiger partial charge in [-0.1, -0.05) is 46.1 Å². The van der Waals surface area contributed by atoms with Gasteiger partial charge in [-0.25, -0.2) is 0 Å². The first-order chi connectivity index (χ1) is 10.7. The predicted molar refractivity (Wildman–Crippen MR) is 90.7 cm³/mol. The van der Waals surface area contributed by atoms with Crippen molar-refractivity contribution in [3.8, 4) is 0 Å². The number of carbonyl (C=O) groups excluding carboxylic acids is 2. The number of carbonyl (C=O) groups is 2. The number of piperidine rings is 1. The van der Waals surface area contributed by atoms with Crippen molar-refractivity contribution in [2.75, 3.05) is 0 Å². The van der Waals surface area contributed by atoms with Gasteiger partial charge in [0.05, 0.1) is 6.04 Å². The second-order valence-electron chi connectivity index (χ2n) is 7.26. The van der Waals surface area contributed by atoms with Crippen molar-refractivity contribution in [1.29, 1.82) is 0 Å². The molecule has 1 unspecified atom stereocenters. The molecule has 2 aliphatic rings. The van der Waals surface area contributed by atoms with Crippen molar-refractivity contribution in [3.05, 3.63) is 53.7 Å². The normalized spacial score (nSPS) is 21.5. The number of rotatable bonds is 1. The lowest BCUT2D eigenvalue weighted by Gasteiger charge is -2.33. The van der Waals surface area contributed by atoms with Crippen LogP contribution in [0.4, 0.5) is 0 Å². The highest BCUT2D eigenvalue weighted by molar-refractivity contribution is 6.09. The highest BCUT2D eigenvalue weighted by Gasteiger charge is 2.39. The van der Waals surface area contributed by atoms with Crippen LogP contribution in [-0.2, 0) is 10.2 Å². The Morgan fingerprint density at radius 1 is 1.17 bits per heavy atom. The van der Waals surface area contributed by atoms with Crippen LogP contribution in [-0.4, -0.2) is 22.8 Å². The van der Waals surface area contributed by atoms with Gasteiger partial charge >= 0.3 is 0 Å². The SMILES string of the molecule is C=C1NC(=O)CCC1N1C(=C)c2ccc(C(C)(C)C)cc2C1=O. The molecule has 120 valence electrons. The zero-order valence-corrected chi connectivity index (χ0v) is 13.9. The number of amides is 2. The molecule has 0 radical (unpaired) electrons. The highest BCUT2D eigenvalue weighted by atomic mass is 16.2. The summed E-state index contributed by atoms with van der Waals surface area (Å²) in [7, 11) is 0. The molecule has 3 rings (SSSR count). The molecular formula is C19H22N2O2. The summed E-state index contributed by atoms with van der Waals surface area (Å²) in [5.74, 6) is -0.102. The first-order valence-electron chi connectivity index (χ1n) is 7.86. The number of fused-ring (bicyclic) bond motifs is 1. The Hall–Kier alpha value is -2.36. The van der Waals surface area contributed by atoms with Crippen LogP contribution in [0.3, 0.4) is 0 Å². The lowest BCUT2D eigenvalue weighted by atomic mass is 9.85. The first-order valence-corrected chi connectivity index (χ1v) is 7.86. The Morgan fingerprint density at radius 3 is 2.48 bits per heavy atom. The van der Waals surface area contributed by atoms with E-state index in [9.17, 15) is 9.59 Å². The van der Waals surface area contributed by atoms with E-state index in [4.69, 9.17) is 0 Å². The van der Waals surface area contributed by atoms with E-state index in [-0.39, 0.29) is 23.3 Å². The molecule has 1 saturated heterocycles. The van der Waals surface area contributed by atoms with Crippen molar-refractivity contribution in [2.24, 2.45) is 0 Å². The lowest BCUT2D eigenvalue weighted by Crippen LogP contribution is -2.45. The molecule has 1 fully saturated rings. The Kier molecular flexibility index (Phi) is 3.43. The van der Waals surface area contributed by atoms with E-state index in [1.807, 2.05) is 12.1 Å². The summed E-state index contributed by atoms with van der Waals surface area (Å²) in [6, 6.07) is 5.77. The van der Waals surface area contributed by atoms with Crippen LogP contribution in [0.1, 0.15) is 55.1 Å². The topological polar surface area (TPSA) is 49.4 Å². The lowest BCUT2D eigenvalue weighted by molar-refractivity contribution is -0.121. The standard InChI is InChI=1S/C19H22N2O2/c1-11-16(8-9-17(22)20-11)21-12(2)14-7-6-13(19(3,4)5)10-15(14)18(21)23/h6-7,10,16H,1-2,8-9H2,3-5H3,(H,20,22). The van der Waals surface area contributed by atoms with Gasteiger partial charge in [0.25, 0.3) is 5.91 Å². The zero-order chi connectivity index (χ0) is 16.9. The van der Waals surface area contributed by atoms with Crippen LogP contribution in [0.15, 0.2) is 37.1 Å². The zero-order valence-electron chi connectivity index (χ0n) is 13.9. The van der Waals surface area contributed by atoms with Crippen molar-refractivity contribution < 1.29 is 9.59 Å². The van der Waals surface area contributed by atoms with Gasteiger partial charge in [-0.05, 0) is 23.5 Å². The Bertz CT molecular complexity index is 740. The van der Waals surface area contributed by atoms with E-state index in [0.29, 0.717) is 29.8 Å². The van der Waals surface area contributed by atoms with Crippen LogP contribution in [0, 0.1) is 0 Å². The van der Waals surface area contributed by atoms with Crippen LogP contribution in [0.25, 0.3) is 5.70 Å². The average molecular weight is 310 g/mol. The molecule has 1 aromatic carbocycles. The smallest absolute Gasteiger partial charge is 0.259 e. The Balaban J connectivity index is 1.98. The second kappa shape index (κ2) is 5.08. The first kappa shape index (κ1) is 15.5. The van der Waals surface area contributed by atoms with Crippen LogP contribution in [0.2, 0.25) is 0 Å². The molecule has 4 heteroatoms. The van der Waals surface area contributed by atoms with Crippen molar-refractivity contribution >= 4 is 17.5 Å². The van der Waals surface area contributed by atoms with E-state index >= 15 is 0 Å². The van der Waals surface area contributed by atoms with Gasteiger partial charge in [-0.15, -0.1) is 0 Å². The van der Waals surface area contributed by atoms with Crippen LogP contribution >= 0.6 is 0 Å². The summed E-state index contributed by atoms with van der Waals surface area (Å²) < 4.78 is 0. The average Bonchev–Trinajstić information content (AvgIpc) is 2.71. The molecule has 2 aliphatic heterocycles. The summed E-state index contributed by atoms with van der Waals surface area (Å²) in [5.41, 5.74) is 3.91. The summed E-state index contributed by atoms with van der Waals surface area (Å²) in [6.45, 7) is 14.4. The summed E-state index contributed by atoms with van der Waals surface area (Å²) in [4.78, 5) is 26.1. The van der Waals surface area contributed by atoms with Gasteiger partial charge in [-0.3, -0.25) is 14.5 Å². The third-order valence-electron chi connectivity index (χ3n) is 4.60. The maximum Gasteiger partial charge on any atom is 0.259 e. The van der Waals surface area contributed by atoms with E-state index in [1.165, 1.54) is 0 Å². The van der Waals surface area contributed by atoms with Crippen LogP contribution in [0.5, 0.6) is 0 Å². The molecule has 0 saturated carbocycles. The quantitative estimate of drug-likeness (QED) is 0.866. The molecule has 23 heavy (non-hydrogen) atoms. The molecule has 2 amide bonds. The number of hydrogen-bond acceptors (Lipinski definition) is 2. The fourth-order valence-corrected chi connectivity index (χ4v) is 3.20. The molecule has 0 bridgehead atoms. The minimum atomic E-state index is -0.224. The van der Waals surface area contributed by atoms with Gasteiger partial charge < -0.3 is 5.32 Å². The molecule has 4 nitrogen and oxygen atoms in total. The highest BCUT2D eigenvalue weighted by Crippen LogP contribution is 2.38. The third kappa shape index (κ3) is 2.48. The predicted octanol–water partition coefficient (Wildman–Crippen LogP) is 3.20. The number of nitrogens with one attached hydrogen (secondary N) is 1. The van der Waals surface area contributed by atoms with E-state index in [0.717, 1.165) is 11.1 Å². The maximum absolute atomic E-state index is 12.9. The third-order valence-corrected chi connectivity index (χ3v) is 4.60. The Morgan fingerprint density at radius 2 is 1.87 bits per heavy atom. The second-order valence-corrected chi connectivity index (χ2v) is 7.26. The van der Waals surface area contributed by atoms with Crippen molar-refractivity contribution in [1.82, 2.24) is 10.2 Å². The number of nitrogens with zero attached hydrogens (tertiary/aromatic N) is 1. The fraction of sp³-hybridized carbons (Fsp3) is 0.368. The van der Waals surface area contributed by atoms with Crippen LogP contribution < -0.4 is 5.32 Å². The van der Waals surface area contributed by atoms with Gasteiger partial charge in [0.2, 0.25) is 5.91 Å². The minimum Gasteiger partial charge on any atom is -0.328 e. The molecule has 1 atom stereocenters. The van der Waals surface area contributed by atoms with Crippen molar-refractivity contribution in [2.45, 2.75) is 45.1 Å². The van der Waals surface area contributed by atoms with Gasteiger partial charge in [-0.2, -0.15) is 0 Å². The number of hydrogen-bond donors (Lipinski definition) is 1. The largest absolute Gasteiger partial charge is 0.328 e. The summed E-state index contributed by atoms with van der Waals surface area (Å²) in [6.07, 6.45) is 0.972. The molecular weight excluding hydrogens is 288 g/mol. The van der Waals surface area contributed by atoms with Gasteiger partial charge in [0.1, 0.15) is 0 Å². The van der Waals surface area contributed by atoms with Gasteiger partial charge in [0.15, 0.2) is 0 Å². The fourth-order valence-electron chi connectivity index (χ4n) is 3.20. The minimum absolute atomic E-state index is 0.0214. The molecule has 0 aliphatic carbocycles. The van der Waals surface area contributed by atoms with Gasteiger partial charge in [0, 0.05) is 28.9 Å². The Labute approximate surface area is 136 Å². The molecule has 1 N–H and O–H groups in total. The molecule has 0 aromatic heterocycles. The van der Waals surface area contributed by atoms with Crippen molar-refractivity contribution in [3.63, 3.8) is 0 Å². The summed E-state index contributed by atoms with van der Waals surface area (Å²) >= 11 is 0. The monoisotopic (exact) mass is 310 g/mol. The van der Waals surface area contributed by atoms with E-state index in [2.05, 4.69) is 45.3 Å². The number of benzene rings is 1. The maximum atomic E-state index is 12.9. The van der Waals surface area contributed by atoms with E-state index in [1.54, 1.807) is 4.90 Å².